The monoisotopic (exact) mass is 309 g/mol. The number of para-hydroxylation sites is 1. The summed E-state index contributed by atoms with van der Waals surface area (Å²) in [4.78, 5) is 14.5. The first-order valence-electron chi connectivity index (χ1n) is 7.83. The lowest BCUT2D eigenvalue weighted by atomic mass is 9.86. The molecule has 0 N–H and O–H groups in total. The van der Waals surface area contributed by atoms with Gasteiger partial charge in [0.15, 0.2) is 0 Å². The zero-order valence-corrected chi connectivity index (χ0v) is 13.7. The van der Waals surface area contributed by atoms with Crippen molar-refractivity contribution in [1.82, 2.24) is 0 Å². The van der Waals surface area contributed by atoms with Gasteiger partial charge in [-0.25, -0.2) is 0 Å². The minimum atomic E-state index is 0.126. The van der Waals surface area contributed by atoms with Crippen molar-refractivity contribution in [2.45, 2.75) is 31.6 Å². The Balaban J connectivity index is 2.03. The third-order valence-electron chi connectivity index (χ3n) is 4.73. The highest BCUT2D eigenvalue weighted by atomic mass is 32.2. The quantitative estimate of drug-likeness (QED) is 0.765. The van der Waals surface area contributed by atoms with E-state index in [-0.39, 0.29) is 11.3 Å². The van der Waals surface area contributed by atoms with Crippen LogP contribution >= 0.6 is 11.8 Å². The van der Waals surface area contributed by atoms with E-state index in [4.69, 9.17) is 0 Å². The number of nitrogens with zero attached hydrogens (tertiary/aromatic N) is 1. The predicted octanol–water partition coefficient (Wildman–Crippen LogP) is 4.63. The molecule has 0 bridgehead atoms. The molecule has 0 spiro atoms. The highest BCUT2D eigenvalue weighted by Crippen LogP contribution is 2.51. The molecule has 2 nitrogen and oxygen atoms in total. The molecule has 2 heterocycles. The van der Waals surface area contributed by atoms with E-state index in [2.05, 4.69) is 50.2 Å². The highest BCUT2D eigenvalue weighted by molar-refractivity contribution is 8.00. The minimum Gasteiger partial charge on any atom is -0.295 e. The van der Waals surface area contributed by atoms with E-state index in [9.17, 15) is 4.79 Å². The van der Waals surface area contributed by atoms with Crippen molar-refractivity contribution in [1.29, 1.82) is 0 Å². The summed E-state index contributed by atoms with van der Waals surface area (Å²) in [5.74, 6) is 1.17. The van der Waals surface area contributed by atoms with Crippen LogP contribution in [-0.2, 0) is 4.79 Å². The first-order chi connectivity index (χ1) is 10.7. The van der Waals surface area contributed by atoms with Gasteiger partial charge in [0.1, 0.15) is 5.37 Å². The SMILES string of the molecule is CC[C@@H]1c2cc(C)ccc2[C@H]2SCC(=O)N2c2ccccc21. The number of carbonyl (C=O) groups excluding carboxylic acids is 1. The molecule has 0 saturated carbocycles. The van der Waals surface area contributed by atoms with E-state index < -0.39 is 0 Å². The Labute approximate surface area is 135 Å². The molecule has 0 unspecified atom stereocenters. The molecule has 112 valence electrons. The van der Waals surface area contributed by atoms with Gasteiger partial charge in [-0.15, -0.1) is 11.8 Å². The molecule has 0 aliphatic carbocycles. The first kappa shape index (κ1) is 13.9. The zero-order chi connectivity index (χ0) is 15.3. The summed E-state index contributed by atoms with van der Waals surface area (Å²) in [6.45, 7) is 4.38. The first-order valence-corrected chi connectivity index (χ1v) is 8.88. The summed E-state index contributed by atoms with van der Waals surface area (Å²) < 4.78 is 0. The number of hydrogen-bond acceptors (Lipinski definition) is 2. The molecule has 22 heavy (non-hydrogen) atoms. The number of amides is 1. The second kappa shape index (κ2) is 5.17. The van der Waals surface area contributed by atoms with Crippen LogP contribution in [0.2, 0.25) is 0 Å². The Hall–Kier alpha value is -1.74. The number of aryl methyl sites for hydroxylation is 1. The summed E-state index contributed by atoms with van der Waals surface area (Å²) >= 11 is 1.75. The van der Waals surface area contributed by atoms with E-state index in [1.807, 2.05) is 11.0 Å². The molecule has 0 radical (unpaired) electrons. The number of fused-ring (bicyclic) bond motifs is 5. The van der Waals surface area contributed by atoms with Crippen LogP contribution in [0.15, 0.2) is 42.5 Å². The van der Waals surface area contributed by atoms with Crippen molar-refractivity contribution in [2.75, 3.05) is 10.7 Å². The summed E-state index contributed by atoms with van der Waals surface area (Å²) in [5, 5.41) is 0.126. The predicted molar refractivity (Wildman–Crippen MR) is 92.4 cm³/mol. The van der Waals surface area contributed by atoms with Crippen LogP contribution in [0.5, 0.6) is 0 Å². The van der Waals surface area contributed by atoms with Gasteiger partial charge >= 0.3 is 0 Å². The molecule has 2 aliphatic rings. The maximum atomic E-state index is 12.5. The maximum Gasteiger partial charge on any atom is 0.238 e. The zero-order valence-electron chi connectivity index (χ0n) is 12.9. The van der Waals surface area contributed by atoms with E-state index in [0.29, 0.717) is 11.7 Å². The van der Waals surface area contributed by atoms with Crippen molar-refractivity contribution in [2.24, 2.45) is 0 Å². The Bertz CT molecular complexity index is 755. The van der Waals surface area contributed by atoms with Gasteiger partial charge in [0.2, 0.25) is 5.91 Å². The summed E-state index contributed by atoms with van der Waals surface area (Å²) in [6.07, 6.45) is 1.05. The van der Waals surface area contributed by atoms with Crippen LogP contribution in [-0.4, -0.2) is 11.7 Å². The molecule has 2 atom stereocenters. The Kier molecular flexibility index (Phi) is 3.26. The van der Waals surface area contributed by atoms with Crippen LogP contribution in [0.4, 0.5) is 5.69 Å². The van der Waals surface area contributed by atoms with Gasteiger partial charge in [-0.3, -0.25) is 9.69 Å². The molecule has 0 aromatic heterocycles. The van der Waals surface area contributed by atoms with E-state index in [1.165, 1.54) is 22.3 Å². The fraction of sp³-hybridized carbons (Fsp3) is 0.316. The van der Waals surface area contributed by atoms with Gasteiger partial charge in [0, 0.05) is 11.6 Å². The number of thioether (sulfide) groups is 1. The number of rotatable bonds is 1. The van der Waals surface area contributed by atoms with Gasteiger partial charge in [-0.2, -0.15) is 0 Å². The van der Waals surface area contributed by atoms with Crippen molar-refractivity contribution >= 4 is 23.4 Å². The van der Waals surface area contributed by atoms with E-state index >= 15 is 0 Å². The average Bonchev–Trinajstić information content (AvgIpc) is 2.85. The van der Waals surface area contributed by atoms with Crippen molar-refractivity contribution in [3.05, 3.63) is 64.7 Å². The highest BCUT2D eigenvalue weighted by Gasteiger charge is 2.40. The molecular weight excluding hydrogens is 290 g/mol. The molecular formula is C19H19NOS. The summed E-state index contributed by atoms with van der Waals surface area (Å²) in [5.41, 5.74) is 6.38. The van der Waals surface area contributed by atoms with Crippen LogP contribution in [0.3, 0.4) is 0 Å². The number of carbonyl (C=O) groups is 1. The van der Waals surface area contributed by atoms with Crippen molar-refractivity contribution in [3.8, 4) is 0 Å². The third kappa shape index (κ3) is 1.92. The van der Waals surface area contributed by atoms with Crippen LogP contribution in [0, 0.1) is 6.92 Å². The van der Waals surface area contributed by atoms with E-state index in [0.717, 1.165) is 12.1 Å². The minimum absolute atomic E-state index is 0.126. The van der Waals surface area contributed by atoms with Gasteiger partial charge < -0.3 is 0 Å². The summed E-state index contributed by atoms with van der Waals surface area (Å²) in [6, 6.07) is 15.1. The van der Waals surface area contributed by atoms with Gasteiger partial charge in [0.05, 0.1) is 5.75 Å². The molecule has 1 fully saturated rings. The normalized spacial score (nSPS) is 22.8. The smallest absolute Gasteiger partial charge is 0.238 e. The van der Waals surface area contributed by atoms with Crippen LogP contribution < -0.4 is 4.90 Å². The molecule has 3 heteroatoms. The van der Waals surface area contributed by atoms with Crippen LogP contribution in [0.25, 0.3) is 0 Å². The van der Waals surface area contributed by atoms with Crippen molar-refractivity contribution in [3.63, 3.8) is 0 Å². The molecule has 2 aromatic carbocycles. The number of hydrogen-bond donors (Lipinski definition) is 0. The second-order valence-electron chi connectivity index (χ2n) is 6.08. The molecule has 4 rings (SSSR count). The topological polar surface area (TPSA) is 20.3 Å². The summed E-state index contributed by atoms with van der Waals surface area (Å²) in [7, 11) is 0. The lowest BCUT2D eigenvalue weighted by molar-refractivity contribution is -0.115. The Morgan fingerprint density at radius 3 is 2.77 bits per heavy atom. The van der Waals surface area contributed by atoms with E-state index in [1.54, 1.807) is 11.8 Å². The number of benzene rings is 2. The standard InChI is InChI=1S/C19H19NOS/c1-3-13-14-6-4-5-7-17(14)20-18(21)11-22-19(20)15-9-8-12(2)10-16(13)15/h4-10,13,19H,3,11H2,1-2H3/t13-,19+/m0/s1. The fourth-order valence-electron chi connectivity index (χ4n) is 3.74. The van der Waals surface area contributed by atoms with Gasteiger partial charge in [-0.1, -0.05) is 48.9 Å². The van der Waals surface area contributed by atoms with Gasteiger partial charge in [-0.05, 0) is 36.1 Å². The largest absolute Gasteiger partial charge is 0.295 e. The fourth-order valence-corrected chi connectivity index (χ4v) is 4.96. The maximum absolute atomic E-state index is 12.5. The Morgan fingerprint density at radius 1 is 1.14 bits per heavy atom. The lowest BCUT2D eigenvalue weighted by Crippen LogP contribution is -2.27. The molecule has 1 amide bonds. The van der Waals surface area contributed by atoms with Gasteiger partial charge in [0.25, 0.3) is 0 Å². The van der Waals surface area contributed by atoms with Crippen LogP contribution in [0.1, 0.15) is 46.9 Å². The van der Waals surface area contributed by atoms with Crippen molar-refractivity contribution < 1.29 is 4.79 Å². The third-order valence-corrected chi connectivity index (χ3v) is 5.93. The molecule has 2 aromatic rings. The molecule has 2 aliphatic heterocycles. The average molecular weight is 309 g/mol. The molecule has 1 saturated heterocycles. The Morgan fingerprint density at radius 2 is 1.95 bits per heavy atom. The lowest BCUT2D eigenvalue weighted by Gasteiger charge is -2.24. The second-order valence-corrected chi connectivity index (χ2v) is 7.15. The number of anilines is 1.